The maximum absolute atomic E-state index is 13.4. The first kappa shape index (κ1) is 19.4. The van der Waals surface area contributed by atoms with E-state index in [-0.39, 0.29) is 5.91 Å². The van der Waals surface area contributed by atoms with Crippen molar-refractivity contribution in [1.29, 1.82) is 0 Å². The van der Waals surface area contributed by atoms with Gasteiger partial charge in [-0.05, 0) is 55.5 Å². The van der Waals surface area contributed by atoms with Gasteiger partial charge in [0.05, 0.1) is 28.0 Å². The molecule has 4 aromatic rings. The number of fused-ring (bicyclic) bond motifs is 2. The third-order valence-electron chi connectivity index (χ3n) is 5.53. The van der Waals surface area contributed by atoms with E-state index in [1.54, 1.807) is 12.3 Å². The van der Waals surface area contributed by atoms with E-state index in [0.29, 0.717) is 33.0 Å². The van der Waals surface area contributed by atoms with Gasteiger partial charge in [-0.15, -0.1) is 11.3 Å². The molecule has 1 aliphatic carbocycles. The Labute approximate surface area is 183 Å². The number of anilines is 1. The Morgan fingerprint density at radius 1 is 1.00 bits per heavy atom. The van der Waals surface area contributed by atoms with Crippen molar-refractivity contribution in [3.05, 3.63) is 76.3 Å². The molecule has 154 valence electrons. The van der Waals surface area contributed by atoms with E-state index in [2.05, 4.69) is 15.3 Å². The first-order valence-electron chi connectivity index (χ1n) is 10.2. The molecule has 3 N–H and O–H groups in total. The third kappa shape index (κ3) is 3.57. The number of aryl methyl sites for hydroxylation is 1. The molecule has 0 atom stereocenters. The molecule has 3 aromatic heterocycles. The fourth-order valence-electron chi connectivity index (χ4n) is 4.09. The van der Waals surface area contributed by atoms with Gasteiger partial charge in [0.25, 0.3) is 11.8 Å². The number of para-hydroxylation sites is 1. The highest BCUT2D eigenvalue weighted by Gasteiger charge is 2.26. The lowest BCUT2D eigenvalue weighted by atomic mass is 9.95. The molecular formula is C24H20N4O2S. The van der Waals surface area contributed by atoms with Crippen molar-refractivity contribution in [2.75, 3.05) is 5.32 Å². The van der Waals surface area contributed by atoms with Crippen LogP contribution in [0.25, 0.3) is 22.3 Å². The number of carbonyl (C=O) groups excluding carboxylic acids is 2. The molecule has 0 fully saturated rings. The van der Waals surface area contributed by atoms with Crippen molar-refractivity contribution in [3.8, 4) is 11.4 Å². The number of rotatable bonds is 4. The molecule has 31 heavy (non-hydrogen) atoms. The lowest BCUT2D eigenvalue weighted by molar-refractivity contribution is 0.100. The van der Waals surface area contributed by atoms with Crippen molar-refractivity contribution < 1.29 is 9.59 Å². The average Bonchev–Trinajstić information content (AvgIpc) is 3.17. The topological polar surface area (TPSA) is 98.0 Å². The number of benzene rings is 1. The Morgan fingerprint density at radius 2 is 1.81 bits per heavy atom. The zero-order chi connectivity index (χ0) is 21.4. The van der Waals surface area contributed by atoms with Gasteiger partial charge in [0.15, 0.2) is 0 Å². The summed E-state index contributed by atoms with van der Waals surface area (Å²) in [5, 5.41) is 4.24. The first-order chi connectivity index (χ1) is 15.1. The van der Waals surface area contributed by atoms with Crippen molar-refractivity contribution >= 4 is 39.1 Å². The van der Waals surface area contributed by atoms with E-state index in [1.165, 1.54) is 11.3 Å². The van der Waals surface area contributed by atoms with Gasteiger partial charge in [0.1, 0.15) is 5.00 Å². The Bertz CT molecular complexity index is 1310. The van der Waals surface area contributed by atoms with Crippen LogP contribution in [0.5, 0.6) is 0 Å². The highest BCUT2D eigenvalue weighted by Crippen LogP contribution is 2.38. The molecule has 6 nitrogen and oxygen atoms in total. The number of aromatic nitrogens is 2. The van der Waals surface area contributed by atoms with Gasteiger partial charge in [-0.3, -0.25) is 14.6 Å². The highest BCUT2D eigenvalue weighted by molar-refractivity contribution is 7.17. The largest absolute Gasteiger partial charge is 0.365 e. The molecule has 0 saturated carbocycles. The summed E-state index contributed by atoms with van der Waals surface area (Å²) in [4.78, 5) is 35.8. The van der Waals surface area contributed by atoms with E-state index < -0.39 is 5.91 Å². The monoisotopic (exact) mass is 428 g/mol. The Kier molecular flexibility index (Phi) is 4.95. The minimum atomic E-state index is -0.497. The Morgan fingerprint density at radius 3 is 2.61 bits per heavy atom. The zero-order valence-corrected chi connectivity index (χ0v) is 17.5. The van der Waals surface area contributed by atoms with E-state index in [9.17, 15) is 9.59 Å². The lowest BCUT2D eigenvalue weighted by Crippen LogP contribution is -2.19. The van der Waals surface area contributed by atoms with Crippen molar-refractivity contribution in [3.63, 3.8) is 0 Å². The van der Waals surface area contributed by atoms with E-state index in [0.717, 1.165) is 41.5 Å². The van der Waals surface area contributed by atoms with Crippen LogP contribution in [0.4, 0.5) is 5.00 Å². The van der Waals surface area contributed by atoms with Crippen LogP contribution in [0.15, 0.2) is 54.7 Å². The molecule has 0 bridgehead atoms. The number of nitrogens with zero attached hydrogens (tertiary/aromatic N) is 2. The second kappa shape index (κ2) is 7.92. The molecule has 0 spiro atoms. The van der Waals surface area contributed by atoms with Gasteiger partial charge < -0.3 is 11.1 Å². The molecule has 0 unspecified atom stereocenters. The van der Waals surface area contributed by atoms with E-state index >= 15 is 0 Å². The average molecular weight is 429 g/mol. The minimum Gasteiger partial charge on any atom is -0.365 e. The number of thiophene rings is 1. The quantitative estimate of drug-likeness (QED) is 0.497. The summed E-state index contributed by atoms with van der Waals surface area (Å²) in [5.41, 5.74) is 9.62. The van der Waals surface area contributed by atoms with Crippen molar-refractivity contribution in [1.82, 2.24) is 9.97 Å². The normalized spacial score (nSPS) is 13.0. The fraction of sp³-hybridized carbons (Fsp3) is 0.167. The Balaban J connectivity index is 1.59. The SMILES string of the molecule is NC(=O)c1c(NC(=O)c2cc(-c3ccccn3)nc3ccccc23)sc2c1CCCC2. The number of nitrogens with two attached hydrogens (primary N) is 1. The van der Waals surface area contributed by atoms with Gasteiger partial charge in [-0.25, -0.2) is 4.98 Å². The number of carbonyl (C=O) groups is 2. The lowest BCUT2D eigenvalue weighted by Gasteiger charge is -2.11. The predicted octanol–water partition coefficient (Wildman–Crippen LogP) is 4.59. The van der Waals surface area contributed by atoms with Crippen LogP contribution in [-0.2, 0) is 12.8 Å². The molecule has 0 aliphatic heterocycles. The molecule has 1 aromatic carbocycles. The van der Waals surface area contributed by atoms with Crippen molar-refractivity contribution in [2.24, 2.45) is 5.73 Å². The molecule has 3 heterocycles. The zero-order valence-electron chi connectivity index (χ0n) is 16.7. The number of primary amides is 1. The van der Waals surface area contributed by atoms with E-state index in [4.69, 9.17) is 5.73 Å². The van der Waals surface area contributed by atoms with Gasteiger partial charge in [-0.1, -0.05) is 24.3 Å². The highest BCUT2D eigenvalue weighted by atomic mass is 32.1. The predicted molar refractivity (Wildman–Crippen MR) is 122 cm³/mol. The summed E-state index contributed by atoms with van der Waals surface area (Å²) < 4.78 is 0. The third-order valence-corrected chi connectivity index (χ3v) is 6.74. The number of hydrogen-bond acceptors (Lipinski definition) is 5. The summed E-state index contributed by atoms with van der Waals surface area (Å²) >= 11 is 1.46. The summed E-state index contributed by atoms with van der Waals surface area (Å²) in [6, 6.07) is 14.8. The number of nitrogens with one attached hydrogen (secondary N) is 1. The molecule has 7 heteroatoms. The van der Waals surface area contributed by atoms with Crippen LogP contribution in [0, 0.1) is 0 Å². The van der Waals surface area contributed by atoms with Crippen LogP contribution in [0.3, 0.4) is 0 Å². The second-order valence-corrected chi connectivity index (χ2v) is 8.63. The van der Waals surface area contributed by atoms with Crippen LogP contribution in [-0.4, -0.2) is 21.8 Å². The second-order valence-electron chi connectivity index (χ2n) is 7.52. The van der Waals surface area contributed by atoms with E-state index in [1.807, 2.05) is 42.5 Å². The molecule has 2 amide bonds. The van der Waals surface area contributed by atoms with Gasteiger partial charge in [0, 0.05) is 16.5 Å². The maximum atomic E-state index is 13.4. The van der Waals surface area contributed by atoms with Crippen LogP contribution >= 0.6 is 11.3 Å². The molecule has 1 aliphatic rings. The maximum Gasteiger partial charge on any atom is 0.257 e. The summed E-state index contributed by atoms with van der Waals surface area (Å²) in [6.07, 6.45) is 5.54. The Hall–Kier alpha value is -3.58. The van der Waals surface area contributed by atoms with Crippen molar-refractivity contribution in [2.45, 2.75) is 25.7 Å². The minimum absolute atomic E-state index is 0.295. The molecule has 5 rings (SSSR count). The van der Waals surface area contributed by atoms with Crippen LogP contribution in [0.2, 0.25) is 0 Å². The van der Waals surface area contributed by atoms with Gasteiger partial charge in [-0.2, -0.15) is 0 Å². The fourth-order valence-corrected chi connectivity index (χ4v) is 5.38. The first-order valence-corrected chi connectivity index (χ1v) is 11.0. The summed E-state index contributed by atoms with van der Waals surface area (Å²) in [6.45, 7) is 0. The van der Waals surface area contributed by atoms with Crippen LogP contribution in [0.1, 0.15) is 44.0 Å². The number of pyridine rings is 2. The smallest absolute Gasteiger partial charge is 0.257 e. The summed E-state index contributed by atoms with van der Waals surface area (Å²) in [5.74, 6) is -0.791. The van der Waals surface area contributed by atoms with Gasteiger partial charge in [0.2, 0.25) is 0 Å². The standard InChI is InChI=1S/C24H20N4O2S/c25-22(29)21-15-8-2-4-11-20(15)31-24(21)28-23(30)16-13-19(18-10-5-6-12-26-18)27-17-9-3-1-7-14(16)17/h1,3,5-7,9-10,12-13H,2,4,8,11H2,(H2,25,29)(H,28,30). The summed E-state index contributed by atoms with van der Waals surface area (Å²) in [7, 11) is 0. The molecule has 0 radical (unpaired) electrons. The molecular weight excluding hydrogens is 408 g/mol. The molecule has 0 saturated heterocycles. The van der Waals surface area contributed by atoms with Crippen LogP contribution < -0.4 is 11.1 Å². The van der Waals surface area contributed by atoms with Gasteiger partial charge >= 0.3 is 0 Å². The number of hydrogen-bond donors (Lipinski definition) is 2. The number of amides is 2.